The Hall–Kier alpha value is -1.88. The summed E-state index contributed by atoms with van der Waals surface area (Å²) in [7, 11) is 1.62. The number of amides is 1. The maximum atomic E-state index is 12.1. The summed E-state index contributed by atoms with van der Waals surface area (Å²) in [6.45, 7) is 0.422. The Morgan fingerprint density at radius 2 is 2.00 bits per heavy atom. The molecule has 0 unspecified atom stereocenters. The number of aromatic nitrogens is 1. The van der Waals surface area contributed by atoms with Crippen LogP contribution in [0.3, 0.4) is 0 Å². The lowest BCUT2D eigenvalue weighted by Gasteiger charge is -2.22. The van der Waals surface area contributed by atoms with Crippen molar-refractivity contribution in [3.63, 3.8) is 0 Å². The number of para-hydroxylation sites is 1. The van der Waals surface area contributed by atoms with Gasteiger partial charge in [-0.1, -0.05) is 40.2 Å². The number of carbonyl (C=O) groups is 1. The zero-order chi connectivity index (χ0) is 14.4. The average Bonchev–Trinajstić information content (AvgIpc) is 2.53. The molecule has 0 saturated carbocycles. The molecule has 0 aliphatic rings. The first kappa shape index (κ1) is 14.5. The number of benzene rings is 1. The zero-order valence-electron chi connectivity index (χ0n) is 11.1. The predicted octanol–water partition coefficient (Wildman–Crippen LogP) is 3.02. The van der Waals surface area contributed by atoms with Crippen LogP contribution < -0.4 is 9.64 Å². The molecule has 0 bridgehead atoms. The molecule has 1 heterocycles. The van der Waals surface area contributed by atoms with Crippen molar-refractivity contribution in [3.8, 4) is 5.75 Å². The Labute approximate surface area is 126 Å². The van der Waals surface area contributed by atoms with E-state index in [0.717, 1.165) is 11.3 Å². The molecule has 1 aromatic heterocycles. The van der Waals surface area contributed by atoms with Gasteiger partial charge in [-0.15, -0.1) is 0 Å². The topological polar surface area (TPSA) is 42.4 Å². The molecule has 4 nitrogen and oxygen atoms in total. The van der Waals surface area contributed by atoms with Crippen LogP contribution in [0.25, 0.3) is 0 Å². The van der Waals surface area contributed by atoms with Gasteiger partial charge >= 0.3 is 0 Å². The Morgan fingerprint density at radius 1 is 1.25 bits per heavy atom. The Bertz CT molecular complexity index is 575. The molecule has 0 aliphatic carbocycles. The zero-order valence-corrected chi connectivity index (χ0v) is 12.7. The van der Waals surface area contributed by atoms with Crippen LogP contribution in [0.1, 0.15) is 5.56 Å². The van der Waals surface area contributed by atoms with E-state index >= 15 is 0 Å². The van der Waals surface area contributed by atoms with Gasteiger partial charge in [-0.25, -0.2) is 4.98 Å². The Kier molecular flexibility index (Phi) is 5.12. The van der Waals surface area contributed by atoms with Crippen molar-refractivity contribution in [3.05, 3.63) is 54.2 Å². The highest BCUT2D eigenvalue weighted by Crippen LogP contribution is 2.22. The van der Waals surface area contributed by atoms with Crippen molar-refractivity contribution < 1.29 is 9.53 Å². The second kappa shape index (κ2) is 7.05. The normalized spacial score (nSPS) is 10.1. The molecule has 5 heteroatoms. The highest BCUT2D eigenvalue weighted by atomic mass is 79.9. The van der Waals surface area contributed by atoms with Gasteiger partial charge in [-0.05, 0) is 18.2 Å². The fourth-order valence-electron chi connectivity index (χ4n) is 1.89. The monoisotopic (exact) mass is 334 g/mol. The maximum absolute atomic E-state index is 12.1. The minimum atomic E-state index is -0.0467. The number of halogens is 1. The first-order valence-electron chi connectivity index (χ1n) is 6.15. The van der Waals surface area contributed by atoms with E-state index in [1.807, 2.05) is 42.5 Å². The number of hydrogen-bond acceptors (Lipinski definition) is 3. The molecule has 104 valence electrons. The van der Waals surface area contributed by atoms with Crippen molar-refractivity contribution in [2.24, 2.45) is 0 Å². The van der Waals surface area contributed by atoms with E-state index in [2.05, 4.69) is 20.9 Å². The van der Waals surface area contributed by atoms with Crippen molar-refractivity contribution >= 4 is 27.7 Å². The molecule has 2 rings (SSSR count). The summed E-state index contributed by atoms with van der Waals surface area (Å²) in [6.07, 6.45) is 1.67. The lowest BCUT2D eigenvalue weighted by atomic mass is 10.2. The number of pyridine rings is 1. The summed E-state index contributed by atoms with van der Waals surface area (Å²) >= 11 is 3.21. The van der Waals surface area contributed by atoms with Crippen LogP contribution in [0.15, 0.2) is 48.7 Å². The molecular formula is C15H15BrN2O2. The van der Waals surface area contributed by atoms with Gasteiger partial charge in [0.05, 0.1) is 19.0 Å². The third-order valence-corrected chi connectivity index (χ3v) is 3.34. The van der Waals surface area contributed by atoms with Gasteiger partial charge in [0, 0.05) is 11.8 Å². The molecule has 0 fully saturated rings. The molecule has 0 radical (unpaired) electrons. The highest BCUT2D eigenvalue weighted by molar-refractivity contribution is 9.09. The number of anilines is 1. The van der Waals surface area contributed by atoms with Gasteiger partial charge in [0.25, 0.3) is 0 Å². The molecule has 0 atom stereocenters. The second-order valence-electron chi connectivity index (χ2n) is 4.11. The number of rotatable bonds is 5. The SMILES string of the molecule is COc1ccccc1CN(C(=O)CBr)c1ccccn1. The molecule has 2 aromatic rings. The van der Waals surface area contributed by atoms with Crippen LogP contribution in [-0.2, 0) is 11.3 Å². The summed E-state index contributed by atoms with van der Waals surface area (Å²) in [5, 5.41) is 0.249. The van der Waals surface area contributed by atoms with Crippen molar-refractivity contribution in [1.82, 2.24) is 4.98 Å². The molecular weight excluding hydrogens is 320 g/mol. The number of hydrogen-bond donors (Lipinski definition) is 0. The predicted molar refractivity (Wildman–Crippen MR) is 82.2 cm³/mol. The van der Waals surface area contributed by atoms with Crippen LogP contribution in [-0.4, -0.2) is 23.3 Å². The molecule has 0 spiro atoms. The lowest BCUT2D eigenvalue weighted by Crippen LogP contribution is -2.32. The Balaban J connectivity index is 2.31. The molecule has 1 aromatic carbocycles. The highest BCUT2D eigenvalue weighted by Gasteiger charge is 2.17. The quantitative estimate of drug-likeness (QED) is 0.789. The molecule has 0 saturated heterocycles. The summed E-state index contributed by atoms with van der Waals surface area (Å²) < 4.78 is 5.33. The number of methoxy groups -OCH3 is 1. The van der Waals surface area contributed by atoms with Gasteiger partial charge in [0.15, 0.2) is 0 Å². The van der Waals surface area contributed by atoms with Crippen molar-refractivity contribution in [1.29, 1.82) is 0 Å². The lowest BCUT2D eigenvalue weighted by molar-refractivity contribution is -0.116. The summed E-state index contributed by atoms with van der Waals surface area (Å²) in [6, 6.07) is 13.1. The maximum Gasteiger partial charge on any atom is 0.239 e. The molecule has 1 amide bonds. The number of ether oxygens (including phenoxy) is 1. The van der Waals surface area contributed by atoms with E-state index in [1.165, 1.54) is 0 Å². The first-order valence-corrected chi connectivity index (χ1v) is 7.27. The van der Waals surface area contributed by atoms with Gasteiger partial charge in [-0.2, -0.15) is 0 Å². The van der Waals surface area contributed by atoms with Gasteiger partial charge in [0.1, 0.15) is 11.6 Å². The second-order valence-corrected chi connectivity index (χ2v) is 4.67. The van der Waals surface area contributed by atoms with Crippen LogP contribution >= 0.6 is 15.9 Å². The van der Waals surface area contributed by atoms with E-state index in [4.69, 9.17) is 4.74 Å². The van der Waals surface area contributed by atoms with E-state index < -0.39 is 0 Å². The summed E-state index contributed by atoms with van der Waals surface area (Å²) in [5.41, 5.74) is 0.940. The minimum Gasteiger partial charge on any atom is -0.496 e. The third-order valence-electron chi connectivity index (χ3n) is 2.86. The van der Waals surface area contributed by atoms with E-state index in [0.29, 0.717) is 12.4 Å². The minimum absolute atomic E-state index is 0.0467. The third kappa shape index (κ3) is 3.36. The molecule has 20 heavy (non-hydrogen) atoms. The van der Waals surface area contributed by atoms with E-state index in [-0.39, 0.29) is 11.2 Å². The standard InChI is InChI=1S/C15H15BrN2O2/c1-20-13-7-3-2-6-12(13)11-18(15(19)10-16)14-8-4-5-9-17-14/h2-9H,10-11H2,1H3. The molecule has 0 N–H and O–H groups in total. The van der Waals surface area contributed by atoms with E-state index in [9.17, 15) is 4.79 Å². The largest absolute Gasteiger partial charge is 0.496 e. The van der Waals surface area contributed by atoms with Gasteiger partial charge in [-0.3, -0.25) is 9.69 Å². The molecule has 0 aliphatic heterocycles. The summed E-state index contributed by atoms with van der Waals surface area (Å²) in [5.74, 6) is 1.34. The van der Waals surface area contributed by atoms with Crippen LogP contribution in [0, 0.1) is 0 Å². The van der Waals surface area contributed by atoms with Crippen LogP contribution in [0.4, 0.5) is 5.82 Å². The smallest absolute Gasteiger partial charge is 0.239 e. The number of nitrogens with zero attached hydrogens (tertiary/aromatic N) is 2. The van der Waals surface area contributed by atoms with Crippen LogP contribution in [0.2, 0.25) is 0 Å². The van der Waals surface area contributed by atoms with Crippen molar-refractivity contribution in [2.45, 2.75) is 6.54 Å². The number of carbonyl (C=O) groups excluding carboxylic acids is 1. The summed E-state index contributed by atoms with van der Waals surface area (Å²) in [4.78, 5) is 18.0. The average molecular weight is 335 g/mol. The first-order chi connectivity index (χ1) is 9.76. The Morgan fingerprint density at radius 3 is 2.65 bits per heavy atom. The van der Waals surface area contributed by atoms with E-state index in [1.54, 1.807) is 18.2 Å². The van der Waals surface area contributed by atoms with Crippen LogP contribution in [0.5, 0.6) is 5.75 Å². The fraction of sp³-hybridized carbons (Fsp3) is 0.200. The number of alkyl halides is 1. The van der Waals surface area contributed by atoms with Gasteiger partial charge < -0.3 is 4.74 Å². The van der Waals surface area contributed by atoms with Gasteiger partial charge in [0.2, 0.25) is 5.91 Å². The fourth-order valence-corrected chi connectivity index (χ4v) is 2.19. The van der Waals surface area contributed by atoms with Crippen molar-refractivity contribution in [2.75, 3.05) is 17.3 Å².